The smallest absolute Gasteiger partial charge is 0.161 e. The zero-order valence-electron chi connectivity index (χ0n) is 26.1. The van der Waals surface area contributed by atoms with Gasteiger partial charge in [0.05, 0.1) is 43.7 Å². The molecular weight excluding hydrogens is 538 g/mol. The van der Waals surface area contributed by atoms with E-state index in [-0.39, 0.29) is 6.10 Å². The maximum Gasteiger partial charge on any atom is 0.161 e. The fraction of sp³-hybridized carbons (Fsp3) is 0.351. The zero-order chi connectivity index (χ0) is 30.1. The topological polar surface area (TPSA) is 51.1 Å². The van der Waals surface area contributed by atoms with Crippen molar-refractivity contribution in [2.24, 2.45) is 0 Å². The first-order valence-electron chi connectivity index (χ1n) is 15.6. The van der Waals surface area contributed by atoms with Gasteiger partial charge in [-0.3, -0.25) is 0 Å². The lowest BCUT2D eigenvalue weighted by molar-refractivity contribution is 0.246. The van der Waals surface area contributed by atoms with Crippen molar-refractivity contribution in [1.82, 2.24) is 4.57 Å². The van der Waals surface area contributed by atoms with Crippen molar-refractivity contribution < 1.29 is 23.7 Å². The summed E-state index contributed by atoms with van der Waals surface area (Å²) >= 11 is 0. The number of hydrogen-bond acceptors (Lipinski definition) is 5. The normalized spacial score (nSPS) is 12.3. The number of rotatable bonds is 11. The molecule has 0 saturated carbocycles. The van der Waals surface area contributed by atoms with Crippen molar-refractivity contribution in [1.29, 1.82) is 0 Å². The summed E-state index contributed by atoms with van der Waals surface area (Å²) in [6.07, 6.45) is 0.937. The molecule has 2 heterocycles. The highest BCUT2D eigenvalue weighted by Gasteiger charge is 2.29. The molecule has 224 valence electrons. The summed E-state index contributed by atoms with van der Waals surface area (Å²) in [5, 5.41) is 3.44. The van der Waals surface area contributed by atoms with Crippen molar-refractivity contribution in [3.05, 3.63) is 66.2 Å². The Morgan fingerprint density at radius 1 is 0.651 bits per heavy atom. The Labute approximate surface area is 254 Å². The molecule has 0 aliphatic carbocycles. The van der Waals surface area contributed by atoms with Gasteiger partial charge in [-0.25, -0.2) is 0 Å². The van der Waals surface area contributed by atoms with E-state index < -0.39 is 0 Å². The second kappa shape index (κ2) is 12.1. The largest absolute Gasteiger partial charge is 0.490 e. The highest BCUT2D eigenvalue weighted by Crippen LogP contribution is 2.51. The van der Waals surface area contributed by atoms with Gasteiger partial charge in [0.1, 0.15) is 5.75 Å². The highest BCUT2D eigenvalue weighted by atomic mass is 16.5. The third kappa shape index (κ3) is 5.13. The van der Waals surface area contributed by atoms with Crippen LogP contribution in [0.2, 0.25) is 0 Å². The monoisotopic (exact) mass is 579 g/mol. The molecule has 0 spiro atoms. The summed E-state index contributed by atoms with van der Waals surface area (Å²) in [6.45, 7) is 15.3. The van der Waals surface area contributed by atoms with Crippen LogP contribution in [0.5, 0.6) is 28.7 Å². The lowest BCUT2D eigenvalue weighted by atomic mass is 9.92. The van der Waals surface area contributed by atoms with Gasteiger partial charge in [-0.15, -0.1) is 0 Å². The molecule has 0 N–H and O–H groups in total. The fourth-order valence-electron chi connectivity index (χ4n) is 6.33. The van der Waals surface area contributed by atoms with E-state index in [9.17, 15) is 0 Å². The van der Waals surface area contributed by atoms with E-state index in [1.54, 1.807) is 0 Å². The first kappa shape index (κ1) is 28.8. The third-order valence-corrected chi connectivity index (χ3v) is 7.85. The van der Waals surface area contributed by atoms with E-state index in [1.165, 1.54) is 22.2 Å². The summed E-state index contributed by atoms with van der Waals surface area (Å²) in [5.74, 6) is 3.95. The van der Waals surface area contributed by atoms with Gasteiger partial charge in [-0.05, 0) is 89.4 Å². The predicted molar refractivity (Wildman–Crippen MR) is 174 cm³/mol. The Balaban J connectivity index is 1.73. The second-order valence-electron chi connectivity index (χ2n) is 11.0. The molecule has 0 amide bonds. The molecule has 0 atom stereocenters. The molecule has 6 nitrogen and oxygen atoms in total. The average molecular weight is 580 g/mol. The first-order chi connectivity index (χ1) is 21.0. The summed E-state index contributed by atoms with van der Waals surface area (Å²) < 4.78 is 33.1. The molecule has 1 aromatic heterocycles. The minimum absolute atomic E-state index is 0.0445. The quantitative estimate of drug-likeness (QED) is 0.156. The van der Waals surface area contributed by atoms with Crippen molar-refractivity contribution >= 4 is 21.7 Å². The Hall–Kier alpha value is -4.32. The van der Waals surface area contributed by atoms with Crippen LogP contribution >= 0.6 is 0 Å². The van der Waals surface area contributed by atoms with E-state index >= 15 is 0 Å². The van der Waals surface area contributed by atoms with Crippen LogP contribution in [-0.4, -0.2) is 37.1 Å². The number of hydrogen-bond donors (Lipinski definition) is 0. The highest BCUT2D eigenvalue weighted by molar-refractivity contribution is 6.17. The maximum atomic E-state index is 6.44. The van der Waals surface area contributed by atoms with Crippen LogP contribution in [0.4, 0.5) is 0 Å². The van der Waals surface area contributed by atoms with Gasteiger partial charge in [0.15, 0.2) is 23.0 Å². The van der Waals surface area contributed by atoms with Crippen LogP contribution < -0.4 is 23.7 Å². The van der Waals surface area contributed by atoms with Gasteiger partial charge >= 0.3 is 0 Å². The molecule has 1 aliphatic heterocycles. The lowest BCUT2D eigenvalue weighted by Crippen LogP contribution is -2.12. The second-order valence-corrected chi connectivity index (χ2v) is 11.0. The minimum Gasteiger partial charge on any atom is -0.490 e. The first-order valence-corrected chi connectivity index (χ1v) is 15.6. The van der Waals surface area contributed by atoms with E-state index in [0.717, 1.165) is 69.2 Å². The van der Waals surface area contributed by atoms with Gasteiger partial charge in [0.25, 0.3) is 0 Å². The molecule has 0 unspecified atom stereocenters. The maximum absolute atomic E-state index is 6.44. The van der Waals surface area contributed by atoms with E-state index in [2.05, 4.69) is 73.0 Å². The Bertz CT molecular complexity index is 1780. The minimum atomic E-state index is 0.0445. The SMILES string of the molecule is CCOc1ccc(-c2c3n(c4c2cc(OC(C)C)c2ccccc24)CCc2cc(OCC)c(OCC)cc2-3)cc1OCC. The molecule has 6 rings (SSSR count). The van der Waals surface area contributed by atoms with E-state index in [1.807, 2.05) is 33.8 Å². The average Bonchev–Trinajstić information content (AvgIpc) is 3.33. The fourth-order valence-corrected chi connectivity index (χ4v) is 6.33. The third-order valence-electron chi connectivity index (χ3n) is 7.85. The molecule has 6 heteroatoms. The molecule has 43 heavy (non-hydrogen) atoms. The van der Waals surface area contributed by atoms with Crippen LogP contribution in [0.3, 0.4) is 0 Å². The number of aromatic nitrogens is 1. The van der Waals surface area contributed by atoms with Gasteiger partial charge in [0.2, 0.25) is 0 Å². The van der Waals surface area contributed by atoms with E-state index in [0.29, 0.717) is 26.4 Å². The van der Waals surface area contributed by atoms with Crippen LogP contribution in [0.1, 0.15) is 47.1 Å². The number of nitrogens with zero attached hydrogens (tertiary/aromatic N) is 1. The number of fused-ring (bicyclic) bond motifs is 7. The van der Waals surface area contributed by atoms with Gasteiger partial charge in [0, 0.05) is 33.8 Å². The number of aryl methyl sites for hydroxylation is 2. The summed E-state index contributed by atoms with van der Waals surface area (Å²) in [7, 11) is 0. The standard InChI is InChI=1S/C37H41NO5/c1-7-39-30-16-15-25(20-32(30)40-8-2)35-29-22-31(43-23(5)6)26-13-11-12-14-27(26)36(29)38-18-17-24-19-33(41-9-3)34(42-10-4)21-28(24)37(35)38/h11-16,19-23H,7-10,17-18H2,1-6H3. The van der Waals surface area contributed by atoms with Gasteiger partial charge in [-0.2, -0.15) is 0 Å². The molecule has 1 aliphatic rings. The number of ether oxygens (including phenoxy) is 5. The van der Waals surface area contributed by atoms with Crippen LogP contribution in [-0.2, 0) is 13.0 Å². The summed E-state index contributed by atoms with van der Waals surface area (Å²) in [5.41, 5.74) is 7.00. The summed E-state index contributed by atoms with van der Waals surface area (Å²) in [6, 6.07) is 21.4. The molecule has 0 saturated heterocycles. The Morgan fingerprint density at radius 2 is 1.28 bits per heavy atom. The van der Waals surface area contributed by atoms with Crippen molar-refractivity contribution in [3.8, 4) is 51.1 Å². The van der Waals surface area contributed by atoms with Gasteiger partial charge in [-0.1, -0.05) is 30.3 Å². The Morgan fingerprint density at radius 3 is 1.95 bits per heavy atom. The molecule has 0 fully saturated rings. The van der Waals surface area contributed by atoms with Crippen molar-refractivity contribution in [3.63, 3.8) is 0 Å². The molecule has 5 aromatic rings. The summed E-state index contributed by atoms with van der Waals surface area (Å²) in [4.78, 5) is 0. The molecule has 0 bridgehead atoms. The number of benzene rings is 4. The Kier molecular flexibility index (Phi) is 8.11. The van der Waals surface area contributed by atoms with Crippen LogP contribution in [0.25, 0.3) is 44.1 Å². The van der Waals surface area contributed by atoms with Crippen molar-refractivity contribution in [2.45, 2.75) is 60.6 Å². The molecular formula is C37H41NO5. The van der Waals surface area contributed by atoms with Crippen molar-refractivity contribution in [2.75, 3.05) is 26.4 Å². The lowest BCUT2D eigenvalue weighted by Gasteiger charge is -2.24. The van der Waals surface area contributed by atoms with Crippen LogP contribution in [0.15, 0.2) is 60.7 Å². The molecule has 0 radical (unpaired) electrons. The zero-order valence-corrected chi connectivity index (χ0v) is 26.1. The van der Waals surface area contributed by atoms with Crippen LogP contribution in [0, 0.1) is 0 Å². The predicted octanol–water partition coefficient (Wildman–Crippen LogP) is 9.07. The van der Waals surface area contributed by atoms with Gasteiger partial charge < -0.3 is 28.3 Å². The van der Waals surface area contributed by atoms with E-state index in [4.69, 9.17) is 23.7 Å². The molecule has 4 aromatic carbocycles.